The highest BCUT2D eigenvalue weighted by Crippen LogP contribution is 2.04. The van der Waals surface area contributed by atoms with E-state index < -0.39 is 0 Å². The molecule has 0 aliphatic carbocycles. The molecule has 0 saturated carbocycles. The Morgan fingerprint density at radius 1 is 1.75 bits per heavy atom. The molecule has 66 valence electrons. The minimum atomic E-state index is -0.129. The Balaban J connectivity index is 2.54. The van der Waals surface area contributed by atoms with E-state index in [1.165, 1.54) is 0 Å². The summed E-state index contributed by atoms with van der Waals surface area (Å²) in [5.74, 6) is 0.971. The van der Waals surface area contributed by atoms with Gasteiger partial charge in [0, 0.05) is 6.42 Å². The molecule has 0 fully saturated rings. The second-order valence-electron chi connectivity index (χ2n) is 2.74. The molecule has 1 atom stereocenters. The number of hydrogen-bond acceptors (Lipinski definition) is 3. The quantitative estimate of drug-likeness (QED) is 0.727. The van der Waals surface area contributed by atoms with Crippen molar-refractivity contribution in [3.05, 3.63) is 24.2 Å². The Labute approximate surface area is 71.8 Å². The number of rotatable bonds is 4. The molecular formula is C9H13NO2. The van der Waals surface area contributed by atoms with Crippen molar-refractivity contribution in [2.45, 2.75) is 19.4 Å². The van der Waals surface area contributed by atoms with Gasteiger partial charge in [0.25, 0.3) is 0 Å². The van der Waals surface area contributed by atoms with E-state index in [1.54, 1.807) is 20.2 Å². The summed E-state index contributed by atoms with van der Waals surface area (Å²) < 4.78 is 5.12. The van der Waals surface area contributed by atoms with Crippen molar-refractivity contribution in [2.75, 3.05) is 7.05 Å². The van der Waals surface area contributed by atoms with Crippen LogP contribution < -0.4 is 5.32 Å². The average Bonchev–Trinajstić information content (AvgIpc) is 2.51. The molecule has 0 amide bonds. The maximum Gasteiger partial charge on any atom is 0.147 e. The van der Waals surface area contributed by atoms with Crippen LogP contribution in [-0.4, -0.2) is 18.9 Å². The maximum atomic E-state index is 11.0. The number of Topliss-reactive ketones (excluding diaryl/α,β-unsaturated/α-hetero) is 1. The van der Waals surface area contributed by atoms with Gasteiger partial charge in [-0.1, -0.05) is 0 Å². The fraction of sp³-hybridized carbons (Fsp3) is 0.444. The molecule has 0 aliphatic rings. The molecule has 1 N–H and O–H groups in total. The lowest BCUT2D eigenvalue weighted by Crippen LogP contribution is -2.34. The fourth-order valence-corrected chi connectivity index (χ4v) is 1.08. The van der Waals surface area contributed by atoms with Gasteiger partial charge in [-0.3, -0.25) is 4.79 Å². The monoisotopic (exact) mass is 167 g/mol. The number of likely N-dealkylation sites (N-methyl/N-ethyl adjacent to an activating group) is 1. The molecule has 1 heterocycles. The van der Waals surface area contributed by atoms with Crippen molar-refractivity contribution in [1.82, 2.24) is 5.32 Å². The zero-order valence-corrected chi connectivity index (χ0v) is 7.33. The predicted octanol–water partition coefficient (Wildman–Crippen LogP) is 0.999. The predicted molar refractivity (Wildman–Crippen MR) is 45.9 cm³/mol. The molecule has 0 bridgehead atoms. The largest absolute Gasteiger partial charge is 0.469 e. The van der Waals surface area contributed by atoms with Gasteiger partial charge in [-0.25, -0.2) is 0 Å². The van der Waals surface area contributed by atoms with Gasteiger partial charge in [-0.05, 0) is 26.1 Å². The zero-order chi connectivity index (χ0) is 8.97. The van der Waals surface area contributed by atoms with Gasteiger partial charge < -0.3 is 9.73 Å². The van der Waals surface area contributed by atoms with Crippen LogP contribution in [-0.2, 0) is 11.2 Å². The summed E-state index contributed by atoms with van der Waals surface area (Å²) >= 11 is 0. The Hall–Kier alpha value is -1.09. The summed E-state index contributed by atoms with van der Waals surface area (Å²) in [6, 6.07) is 3.56. The van der Waals surface area contributed by atoms with E-state index in [1.807, 2.05) is 12.1 Å². The van der Waals surface area contributed by atoms with Crippen LogP contribution in [0.4, 0.5) is 0 Å². The highest BCUT2D eigenvalue weighted by Gasteiger charge is 2.12. The van der Waals surface area contributed by atoms with E-state index in [9.17, 15) is 4.79 Å². The Bertz CT molecular complexity index is 241. The molecule has 1 aromatic heterocycles. The highest BCUT2D eigenvalue weighted by atomic mass is 16.3. The van der Waals surface area contributed by atoms with E-state index >= 15 is 0 Å². The second-order valence-corrected chi connectivity index (χ2v) is 2.74. The molecule has 0 aromatic carbocycles. The maximum absolute atomic E-state index is 11.0. The number of furan rings is 1. The number of carbonyl (C=O) groups is 1. The van der Waals surface area contributed by atoms with Crippen molar-refractivity contribution in [2.24, 2.45) is 0 Å². The summed E-state index contributed by atoms with van der Waals surface area (Å²) in [6.45, 7) is 1.57. The van der Waals surface area contributed by atoms with E-state index in [4.69, 9.17) is 4.42 Å². The van der Waals surface area contributed by atoms with Crippen molar-refractivity contribution in [3.8, 4) is 0 Å². The molecule has 0 spiro atoms. The van der Waals surface area contributed by atoms with Crippen LogP contribution in [0.1, 0.15) is 12.7 Å². The van der Waals surface area contributed by atoms with Gasteiger partial charge in [0.15, 0.2) is 0 Å². The lowest BCUT2D eigenvalue weighted by molar-refractivity contribution is -0.118. The number of ketones is 1. The van der Waals surface area contributed by atoms with Crippen molar-refractivity contribution >= 4 is 5.78 Å². The molecule has 0 radical (unpaired) electrons. The number of carbonyl (C=O) groups excluding carboxylic acids is 1. The summed E-state index contributed by atoms with van der Waals surface area (Å²) in [7, 11) is 1.77. The third-order valence-corrected chi connectivity index (χ3v) is 1.82. The minimum absolute atomic E-state index is 0.129. The normalized spacial score (nSPS) is 12.8. The molecule has 3 heteroatoms. The van der Waals surface area contributed by atoms with Crippen LogP contribution in [0.15, 0.2) is 22.8 Å². The van der Waals surface area contributed by atoms with Gasteiger partial charge in [0.1, 0.15) is 11.5 Å². The standard InChI is InChI=1S/C9H13NO2/c1-7(11)9(10-2)6-8-4-3-5-12-8/h3-5,9-10H,6H2,1-2H3/t9-/m1/s1. The number of nitrogens with one attached hydrogen (secondary N) is 1. The van der Waals surface area contributed by atoms with Crippen molar-refractivity contribution < 1.29 is 9.21 Å². The molecule has 1 rings (SSSR count). The van der Waals surface area contributed by atoms with Crippen LogP contribution in [0.25, 0.3) is 0 Å². The van der Waals surface area contributed by atoms with Crippen LogP contribution in [0, 0.1) is 0 Å². The van der Waals surface area contributed by atoms with Crippen molar-refractivity contribution in [1.29, 1.82) is 0 Å². The molecule has 0 aliphatic heterocycles. The molecule has 0 unspecified atom stereocenters. The third-order valence-electron chi connectivity index (χ3n) is 1.82. The molecule has 0 saturated heterocycles. The molecule has 3 nitrogen and oxygen atoms in total. The lowest BCUT2D eigenvalue weighted by Gasteiger charge is -2.09. The first-order valence-electron chi connectivity index (χ1n) is 3.94. The summed E-state index contributed by atoms with van der Waals surface area (Å²) in [5, 5.41) is 2.93. The summed E-state index contributed by atoms with van der Waals surface area (Å²) in [6.07, 6.45) is 2.24. The van der Waals surface area contributed by atoms with Gasteiger partial charge in [0.05, 0.1) is 12.3 Å². The first-order chi connectivity index (χ1) is 5.74. The SMILES string of the molecule is CN[C@H](Cc1ccco1)C(C)=O. The Morgan fingerprint density at radius 3 is 2.92 bits per heavy atom. The summed E-state index contributed by atoms with van der Waals surface area (Å²) in [4.78, 5) is 11.0. The number of hydrogen-bond donors (Lipinski definition) is 1. The first-order valence-corrected chi connectivity index (χ1v) is 3.94. The fourth-order valence-electron chi connectivity index (χ4n) is 1.08. The van der Waals surface area contributed by atoms with Gasteiger partial charge in [-0.15, -0.1) is 0 Å². The van der Waals surface area contributed by atoms with E-state index in [-0.39, 0.29) is 11.8 Å². The summed E-state index contributed by atoms with van der Waals surface area (Å²) in [5.41, 5.74) is 0. The topological polar surface area (TPSA) is 42.2 Å². The van der Waals surface area contributed by atoms with Crippen LogP contribution in [0.2, 0.25) is 0 Å². The third kappa shape index (κ3) is 2.20. The zero-order valence-electron chi connectivity index (χ0n) is 7.33. The molecular weight excluding hydrogens is 154 g/mol. The Kier molecular flexibility index (Phi) is 3.05. The van der Waals surface area contributed by atoms with E-state index in [0.29, 0.717) is 6.42 Å². The van der Waals surface area contributed by atoms with Gasteiger partial charge in [0.2, 0.25) is 0 Å². The van der Waals surface area contributed by atoms with Gasteiger partial charge in [-0.2, -0.15) is 0 Å². The van der Waals surface area contributed by atoms with Crippen LogP contribution >= 0.6 is 0 Å². The second kappa shape index (κ2) is 4.07. The van der Waals surface area contributed by atoms with E-state index in [0.717, 1.165) is 5.76 Å². The van der Waals surface area contributed by atoms with E-state index in [2.05, 4.69) is 5.32 Å². The van der Waals surface area contributed by atoms with Crippen LogP contribution in [0.5, 0.6) is 0 Å². The molecule has 1 aromatic rings. The van der Waals surface area contributed by atoms with Crippen LogP contribution in [0.3, 0.4) is 0 Å². The Morgan fingerprint density at radius 2 is 2.50 bits per heavy atom. The first kappa shape index (κ1) is 9.00. The lowest BCUT2D eigenvalue weighted by atomic mass is 10.1. The molecule has 12 heavy (non-hydrogen) atoms. The average molecular weight is 167 g/mol. The van der Waals surface area contributed by atoms with Crippen molar-refractivity contribution in [3.63, 3.8) is 0 Å². The smallest absolute Gasteiger partial charge is 0.147 e. The van der Waals surface area contributed by atoms with Gasteiger partial charge >= 0.3 is 0 Å². The highest BCUT2D eigenvalue weighted by molar-refractivity contribution is 5.81. The minimum Gasteiger partial charge on any atom is -0.469 e.